The van der Waals surface area contributed by atoms with E-state index in [0.717, 1.165) is 12.1 Å². The van der Waals surface area contributed by atoms with Crippen molar-refractivity contribution >= 4 is 5.97 Å². The predicted molar refractivity (Wildman–Crippen MR) is 61.2 cm³/mol. The lowest BCUT2D eigenvalue weighted by Crippen LogP contribution is -2.32. The van der Waals surface area contributed by atoms with Crippen LogP contribution in [0.1, 0.15) is 5.69 Å². The van der Waals surface area contributed by atoms with Crippen molar-refractivity contribution in [2.75, 3.05) is 19.6 Å². The summed E-state index contributed by atoms with van der Waals surface area (Å²) in [6.45, 7) is 4.94. The molecule has 0 aliphatic carbocycles. The van der Waals surface area contributed by atoms with Gasteiger partial charge in [-0.15, -0.1) is 6.58 Å². The molecule has 0 atom stereocenters. The molecular weight excluding hydrogens is 206 g/mol. The molecule has 0 saturated heterocycles. The summed E-state index contributed by atoms with van der Waals surface area (Å²) in [6, 6.07) is 1.94. The molecule has 0 saturated carbocycles. The fourth-order valence-electron chi connectivity index (χ4n) is 1.53. The van der Waals surface area contributed by atoms with Gasteiger partial charge in [-0.05, 0) is 6.07 Å². The summed E-state index contributed by atoms with van der Waals surface area (Å²) in [6.07, 6.45) is 4.24. The van der Waals surface area contributed by atoms with Gasteiger partial charge in [-0.1, -0.05) is 6.08 Å². The van der Waals surface area contributed by atoms with Crippen LogP contribution < -0.4 is 0 Å². The Labute approximate surface area is 95.0 Å². The molecule has 0 fully saturated rings. The summed E-state index contributed by atoms with van der Waals surface area (Å²) in [5, 5.41) is 12.8. The first-order valence-electron chi connectivity index (χ1n) is 5.15. The minimum absolute atomic E-state index is 0.0455. The van der Waals surface area contributed by atoms with Crippen LogP contribution in [-0.4, -0.2) is 45.4 Å². The standard InChI is InChI=1S/C11H17N3O2/c1-3-7-14(9-11(15)16)8-5-10-4-6-12-13(10)2/h3-4,6H,1,5,7-9H2,2H3,(H,15,16). The number of aliphatic carboxylic acids is 1. The van der Waals surface area contributed by atoms with Crippen molar-refractivity contribution in [3.8, 4) is 0 Å². The third-order valence-corrected chi connectivity index (χ3v) is 2.35. The fraction of sp³-hybridized carbons (Fsp3) is 0.455. The zero-order valence-corrected chi connectivity index (χ0v) is 9.46. The SMILES string of the molecule is C=CCN(CCc1ccnn1C)CC(=O)O. The van der Waals surface area contributed by atoms with E-state index in [1.54, 1.807) is 17.0 Å². The normalized spacial score (nSPS) is 10.6. The molecule has 1 heterocycles. The first-order valence-corrected chi connectivity index (χ1v) is 5.15. The van der Waals surface area contributed by atoms with Gasteiger partial charge in [0.05, 0.1) is 6.54 Å². The molecule has 88 valence electrons. The molecule has 1 N–H and O–H groups in total. The van der Waals surface area contributed by atoms with Crippen molar-refractivity contribution in [2.24, 2.45) is 7.05 Å². The molecule has 0 spiro atoms. The monoisotopic (exact) mass is 223 g/mol. The number of nitrogens with zero attached hydrogens (tertiary/aromatic N) is 3. The van der Waals surface area contributed by atoms with Crippen LogP contribution in [-0.2, 0) is 18.3 Å². The van der Waals surface area contributed by atoms with Crippen LogP contribution in [0.2, 0.25) is 0 Å². The van der Waals surface area contributed by atoms with Gasteiger partial charge in [0.25, 0.3) is 0 Å². The Morgan fingerprint density at radius 2 is 2.50 bits per heavy atom. The summed E-state index contributed by atoms with van der Waals surface area (Å²) in [5.74, 6) is -0.813. The van der Waals surface area contributed by atoms with Gasteiger partial charge in [0, 0.05) is 38.4 Å². The highest BCUT2D eigenvalue weighted by Crippen LogP contribution is 2.00. The maximum absolute atomic E-state index is 10.6. The fourth-order valence-corrected chi connectivity index (χ4v) is 1.53. The van der Waals surface area contributed by atoms with Gasteiger partial charge in [-0.25, -0.2) is 0 Å². The average molecular weight is 223 g/mol. The third-order valence-electron chi connectivity index (χ3n) is 2.35. The second kappa shape index (κ2) is 6.07. The van der Waals surface area contributed by atoms with E-state index in [0.29, 0.717) is 13.1 Å². The van der Waals surface area contributed by atoms with Crippen LogP contribution in [0.15, 0.2) is 24.9 Å². The molecule has 0 aliphatic heterocycles. The van der Waals surface area contributed by atoms with E-state index in [-0.39, 0.29) is 6.54 Å². The largest absolute Gasteiger partial charge is 0.480 e. The molecule has 0 aliphatic rings. The van der Waals surface area contributed by atoms with Gasteiger partial charge < -0.3 is 5.11 Å². The Hall–Kier alpha value is -1.62. The number of rotatable bonds is 7. The topological polar surface area (TPSA) is 58.4 Å². The number of aromatic nitrogens is 2. The van der Waals surface area contributed by atoms with Crippen molar-refractivity contribution in [2.45, 2.75) is 6.42 Å². The molecule has 1 rings (SSSR count). The van der Waals surface area contributed by atoms with E-state index in [4.69, 9.17) is 5.11 Å². The van der Waals surface area contributed by atoms with E-state index in [1.165, 1.54) is 0 Å². The second-order valence-corrected chi connectivity index (χ2v) is 3.61. The lowest BCUT2D eigenvalue weighted by molar-refractivity contribution is -0.138. The van der Waals surface area contributed by atoms with E-state index in [9.17, 15) is 4.79 Å². The predicted octanol–water partition coefficient (Wildman–Crippen LogP) is 0.535. The Morgan fingerprint density at radius 1 is 1.75 bits per heavy atom. The minimum atomic E-state index is -0.813. The first-order chi connectivity index (χ1) is 7.63. The highest BCUT2D eigenvalue weighted by molar-refractivity contribution is 5.69. The highest BCUT2D eigenvalue weighted by atomic mass is 16.4. The summed E-state index contributed by atoms with van der Waals surface area (Å²) in [4.78, 5) is 12.5. The maximum atomic E-state index is 10.6. The molecule has 5 nitrogen and oxygen atoms in total. The van der Waals surface area contributed by atoms with Gasteiger partial charge in [0.1, 0.15) is 0 Å². The Morgan fingerprint density at radius 3 is 3.00 bits per heavy atom. The summed E-state index contributed by atoms with van der Waals surface area (Å²) in [7, 11) is 1.88. The van der Waals surface area contributed by atoms with Crippen molar-refractivity contribution < 1.29 is 9.90 Å². The van der Waals surface area contributed by atoms with Crippen molar-refractivity contribution in [3.05, 3.63) is 30.6 Å². The maximum Gasteiger partial charge on any atom is 0.317 e. The molecule has 1 aromatic rings. The van der Waals surface area contributed by atoms with E-state index >= 15 is 0 Å². The molecule has 1 aromatic heterocycles. The Kier molecular flexibility index (Phi) is 4.72. The average Bonchev–Trinajstić information content (AvgIpc) is 2.60. The van der Waals surface area contributed by atoms with Crippen LogP contribution in [0.3, 0.4) is 0 Å². The van der Waals surface area contributed by atoms with Gasteiger partial charge >= 0.3 is 5.97 Å². The van der Waals surface area contributed by atoms with Crippen molar-refractivity contribution in [3.63, 3.8) is 0 Å². The van der Waals surface area contributed by atoms with Crippen LogP contribution in [0.25, 0.3) is 0 Å². The Balaban J connectivity index is 2.46. The summed E-state index contributed by atoms with van der Waals surface area (Å²) < 4.78 is 1.80. The summed E-state index contributed by atoms with van der Waals surface area (Å²) >= 11 is 0. The van der Waals surface area contributed by atoms with Gasteiger partial charge in [-0.2, -0.15) is 5.10 Å². The molecular formula is C11H17N3O2. The van der Waals surface area contributed by atoms with E-state index < -0.39 is 5.97 Å². The smallest absolute Gasteiger partial charge is 0.317 e. The molecule has 0 unspecified atom stereocenters. The molecule has 0 aromatic carbocycles. The first kappa shape index (κ1) is 12.4. The molecule has 5 heteroatoms. The molecule has 0 radical (unpaired) electrons. The highest BCUT2D eigenvalue weighted by Gasteiger charge is 2.08. The molecule has 16 heavy (non-hydrogen) atoms. The van der Waals surface area contributed by atoms with Crippen molar-refractivity contribution in [1.82, 2.24) is 14.7 Å². The quantitative estimate of drug-likeness (QED) is 0.685. The Bertz CT molecular complexity index is 360. The lowest BCUT2D eigenvalue weighted by Gasteiger charge is -2.17. The molecule has 0 amide bonds. The minimum Gasteiger partial charge on any atom is -0.480 e. The second-order valence-electron chi connectivity index (χ2n) is 3.61. The number of hydrogen-bond donors (Lipinski definition) is 1. The number of aryl methyl sites for hydroxylation is 1. The zero-order chi connectivity index (χ0) is 12.0. The van der Waals surface area contributed by atoms with Crippen LogP contribution in [0, 0.1) is 0 Å². The third kappa shape index (κ3) is 3.86. The van der Waals surface area contributed by atoms with Gasteiger partial charge in [0.2, 0.25) is 0 Å². The zero-order valence-electron chi connectivity index (χ0n) is 9.46. The number of carboxylic acids is 1. The van der Waals surface area contributed by atoms with E-state index in [2.05, 4.69) is 11.7 Å². The lowest BCUT2D eigenvalue weighted by atomic mass is 10.3. The molecule has 0 bridgehead atoms. The van der Waals surface area contributed by atoms with Gasteiger partial charge in [-0.3, -0.25) is 14.4 Å². The number of carboxylic acid groups (broad SMARTS) is 1. The van der Waals surface area contributed by atoms with Crippen molar-refractivity contribution in [1.29, 1.82) is 0 Å². The summed E-state index contributed by atoms with van der Waals surface area (Å²) in [5.41, 5.74) is 1.10. The number of hydrogen-bond acceptors (Lipinski definition) is 3. The van der Waals surface area contributed by atoms with Crippen LogP contribution in [0.4, 0.5) is 0 Å². The van der Waals surface area contributed by atoms with Crippen LogP contribution >= 0.6 is 0 Å². The van der Waals surface area contributed by atoms with E-state index in [1.807, 2.05) is 18.0 Å². The number of carbonyl (C=O) groups is 1. The van der Waals surface area contributed by atoms with Crippen LogP contribution in [0.5, 0.6) is 0 Å². The van der Waals surface area contributed by atoms with Gasteiger partial charge in [0.15, 0.2) is 0 Å².